The van der Waals surface area contributed by atoms with E-state index < -0.39 is 0 Å². The summed E-state index contributed by atoms with van der Waals surface area (Å²) in [5.74, 6) is 1.76. The molecule has 2 aromatic carbocycles. The molecular formula is C17H16O3. The highest BCUT2D eigenvalue weighted by Crippen LogP contribution is 2.27. The summed E-state index contributed by atoms with van der Waals surface area (Å²) in [7, 11) is 1.62. The first-order valence-corrected chi connectivity index (χ1v) is 6.69. The fourth-order valence-corrected chi connectivity index (χ4v) is 2.48. The first-order valence-electron chi connectivity index (χ1n) is 6.69. The van der Waals surface area contributed by atoms with Crippen molar-refractivity contribution < 1.29 is 14.3 Å². The summed E-state index contributed by atoms with van der Waals surface area (Å²) in [5.41, 5.74) is 2.77. The number of carbonyl (C=O) groups excluding carboxylic acids is 1. The Morgan fingerprint density at radius 3 is 2.95 bits per heavy atom. The quantitative estimate of drug-likeness (QED) is 0.799. The Bertz CT molecular complexity index is 646. The van der Waals surface area contributed by atoms with Crippen molar-refractivity contribution in [2.45, 2.75) is 12.8 Å². The molecule has 0 aliphatic carbocycles. The van der Waals surface area contributed by atoms with Crippen LogP contribution in [0.25, 0.3) is 0 Å². The summed E-state index contributed by atoms with van der Waals surface area (Å²) < 4.78 is 10.7. The molecule has 0 N–H and O–H groups in total. The molecule has 0 radical (unpaired) electrons. The largest absolute Gasteiger partial charge is 0.496 e. The monoisotopic (exact) mass is 268 g/mol. The van der Waals surface area contributed by atoms with Gasteiger partial charge in [-0.3, -0.25) is 4.79 Å². The van der Waals surface area contributed by atoms with Crippen molar-refractivity contribution in [2.75, 3.05) is 13.7 Å². The molecule has 0 saturated carbocycles. The van der Waals surface area contributed by atoms with Gasteiger partial charge in [0, 0.05) is 24.0 Å². The minimum atomic E-state index is 0.101. The Kier molecular flexibility index (Phi) is 3.42. The SMILES string of the molecule is COc1ccccc1CC(=O)c1ccc2c(c1)CCO2. The molecule has 102 valence electrons. The van der Waals surface area contributed by atoms with Gasteiger partial charge in [0.05, 0.1) is 13.7 Å². The van der Waals surface area contributed by atoms with Crippen LogP contribution < -0.4 is 9.47 Å². The Labute approximate surface area is 118 Å². The summed E-state index contributed by atoms with van der Waals surface area (Å²) in [6.07, 6.45) is 1.23. The molecule has 3 nitrogen and oxygen atoms in total. The zero-order valence-electron chi connectivity index (χ0n) is 11.4. The first kappa shape index (κ1) is 12.7. The molecule has 1 heterocycles. The number of hydrogen-bond acceptors (Lipinski definition) is 3. The average molecular weight is 268 g/mol. The van der Waals surface area contributed by atoms with E-state index in [9.17, 15) is 4.79 Å². The van der Waals surface area contributed by atoms with E-state index in [-0.39, 0.29) is 5.78 Å². The second-order valence-corrected chi connectivity index (χ2v) is 4.83. The summed E-state index contributed by atoms with van der Waals surface area (Å²) in [5, 5.41) is 0. The third-order valence-electron chi connectivity index (χ3n) is 3.55. The predicted molar refractivity (Wildman–Crippen MR) is 76.7 cm³/mol. The van der Waals surface area contributed by atoms with Gasteiger partial charge in [-0.1, -0.05) is 18.2 Å². The van der Waals surface area contributed by atoms with E-state index in [2.05, 4.69) is 0 Å². The van der Waals surface area contributed by atoms with Crippen molar-refractivity contribution in [3.63, 3.8) is 0 Å². The lowest BCUT2D eigenvalue weighted by molar-refractivity contribution is 0.0992. The van der Waals surface area contributed by atoms with Gasteiger partial charge in [-0.15, -0.1) is 0 Å². The Morgan fingerprint density at radius 2 is 2.10 bits per heavy atom. The fraction of sp³-hybridized carbons (Fsp3) is 0.235. The van der Waals surface area contributed by atoms with Gasteiger partial charge in [-0.05, 0) is 29.8 Å². The van der Waals surface area contributed by atoms with Crippen molar-refractivity contribution in [3.05, 3.63) is 59.2 Å². The minimum Gasteiger partial charge on any atom is -0.496 e. The lowest BCUT2D eigenvalue weighted by Crippen LogP contribution is -2.05. The summed E-state index contributed by atoms with van der Waals surface area (Å²) in [6, 6.07) is 13.3. The van der Waals surface area contributed by atoms with Gasteiger partial charge in [0.25, 0.3) is 0 Å². The molecule has 20 heavy (non-hydrogen) atoms. The van der Waals surface area contributed by atoms with Crippen LogP contribution in [0.15, 0.2) is 42.5 Å². The molecule has 0 unspecified atom stereocenters. The van der Waals surface area contributed by atoms with E-state index in [0.29, 0.717) is 13.0 Å². The molecule has 0 atom stereocenters. The highest BCUT2D eigenvalue weighted by atomic mass is 16.5. The summed E-state index contributed by atoms with van der Waals surface area (Å²) in [6.45, 7) is 0.708. The van der Waals surface area contributed by atoms with Crippen molar-refractivity contribution >= 4 is 5.78 Å². The summed E-state index contributed by atoms with van der Waals surface area (Å²) in [4.78, 5) is 12.4. The maximum absolute atomic E-state index is 12.4. The number of methoxy groups -OCH3 is 1. The smallest absolute Gasteiger partial charge is 0.167 e. The van der Waals surface area contributed by atoms with Crippen LogP contribution >= 0.6 is 0 Å². The average Bonchev–Trinajstić information content (AvgIpc) is 2.95. The molecule has 2 aromatic rings. The third-order valence-corrected chi connectivity index (χ3v) is 3.55. The zero-order chi connectivity index (χ0) is 13.9. The second-order valence-electron chi connectivity index (χ2n) is 4.83. The molecule has 0 amide bonds. The van der Waals surface area contributed by atoms with Gasteiger partial charge in [0.1, 0.15) is 11.5 Å². The number of benzene rings is 2. The molecule has 1 aliphatic rings. The maximum atomic E-state index is 12.4. The van der Waals surface area contributed by atoms with Crippen molar-refractivity contribution in [2.24, 2.45) is 0 Å². The van der Waals surface area contributed by atoms with Crippen LogP contribution in [0.5, 0.6) is 11.5 Å². The molecule has 3 heteroatoms. The Morgan fingerprint density at radius 1 is 1.25 bits per heavy atom. The topological polar surface area (TPSA) is 35.5 Å². The van der Waals surface area contributed by atoms with Crippen LogP contribution in [0.3, 0.4) is 0 Å². The number of para-hydroxylation sites is 1. The van der Waals surface area contributed by atoms with Crippen molar-refractivity contribution in [1.82, 2.24) is 0 Å². The lowest BCUT2D eigenvalue weighted by Gasteiger charge is -2.08. The van der Waals surface area contributed by atoms with Gasteiger partial charge in [-0.25, -0.2) is 0 Å². The van der Waals surface area contributed by atoms with Crippen molar-refractivity contribution in [3.8, 4) is 11.5 Å². The number of ether oxygens (including phenoxy) is 2. The van der Waals surface area contributed by atoms with Gasteiger partial charge < -0.3 is 9.47 Å². The van der Waals surface area contributed by atoms with Gasteiger partial charge in [0.2, 0.25) is 0 Å². The molecule has 1 aliphatic heterocycles. The molecule has 0 spiro atoms. The van der Waals surface area contributed by atoms with Gasteiger partial charge in [0.15, 0.2) is 5.78 Å². The molecule has 0 fully saturated rings. The van der Waals surface area contributed by atoms with E-state index in [0.717, 1.165) is 34.6 Å². The fourth-order valence-electron chi connectivity index (χ4n) is 2.48. The van der Waals surface area contributed by atoms with E-state index in [4.69, 9.17) is 9.47 Å². The Balaban J connectivity index is 1.83. The molecular weight excluding hydrogens is 252 g/mol. The van der Waals surface area contributed by atoms with Crippen LogP contribution in [0.4, 0.5) is 0 Å². The predicted octanol–water partition coefficient (Wildman–Crippen LogP) is 3.06. The van der Waals surface area contributed by atoms with Crippen LogP contribution in [0.2, 0.25) is 0 Å². The van der Waals surface area contributed by atoms with Crippen LogP contribution in [0.1, 0.15) is 21.5 Å². The zero-order valence-corrected chi connectivity index (χ0v) is 11.4. The van der Waals surface area contributed by atoms with Crippen LogP contribution in [-0.2, 0) is 12.8 Å². The van der Waals surface area contributed by atoms with Gasteiger partial charge in [-0.2, -0.15) is 0 Å². The Hall–Kier alpha value is -2.29. The highest BCUT2D eigenvalue weighted by molar-refractivity contribution is 5.98. The molecule has 0 aromatic heterocycles. The standard InChI is InChI=1S/C17H16O3/c1-19-16-5-3-2-4-13(16)11-15(18)12-6-7-17-14(10-12)8-9-20-17/h2-7,10H,8-9,11H2,1H3. The molecule has 0 saturated heterocycles. The van der Waals surface area contributed by atoms with E-state index in [1.54, 1.807) is 7.11 Å². The number of Topliss-reactive ketones (excluding diaryl/α,β-unsaturated/α-hetero) is 1. The van der Waals surface area contributed by atoms with Crippen LogP contribution in [-0.4, -0.2) is 19.5 Å². The van der Waals surface area contributed by atoms with Crippen LogP contribution in [0, 0.1) is 0 Å². The van der Waals surface area contributed by atoms with E-state index in [1.807, 2.05) is 42.5 Å². The van der Waals surface area contributed by atoms with E-state index >= 15 is 0 Å². The molecule has 3 rings (SSSR count). The minimum absolute atomic E-state index is 0.101. The maximum Gasteiger partial charge on any atom is 0.167 e. The first-order chi connectivity index (χ1) is 9.78. The van der Waals surface area contributed by atoms with Gasteiger partial charge >= 0.3 is 0 Å². The normalized spacial score (nSPS) is 12.7. The van der Waals surface area contributed by atoms with Crippen molar-refractivity contribution in [1.29, 1.82) is 0 Å². The third kappa shape index (κ3) is 2.39. The highest BCUT2D eigenvalue weighted by Gasteiger charge is 2.16. The number of hydrogen-bond donors (Lipinski definition) is 0. The number of rotatable bonds is 4. The second kappa shape index (κ2) is 5.37. The number of fused-ring (bicyclic) bond motifs is 1. The number of ketones is 1. The lowest BCUT2D eigenvalue weighted by atomic mass is 10.00. The molecule has 0 bridgehead atoms. The summed E-state index contributed by atoms with van der Waals surface area (Å²) >= 11 is 0. The number of carbonyl (C=O) groups is 1. The van der Waals surface area contributed by atoms with E-state index in [1.165, 1.54) is 0 Å².